The van der Waals surface area contributed by atoms with E-state index in [2.05, 4.69) is 180 Å². The average Bonchev–Trinajstić information content (AvgIpc) is 3.57. The Labute approximate surface area is 317 Å². The third kappa shape index (κ3) is 5.11. The summed E-state index contributed by atoms with van der Waals surface area (Å²) in [6.07, 6.45) is 0. The predicted molar refractivity (Wildman–Crippen MR) is 228 cm³/mol. The fourth-order valence-electron chi connectivity index (χ4n) is 8.27. The number of hydrogen-bond donors (Lipinski definition) is 0. The van der Waals surface area contributed by atoms with Crippen LogP contribution in [0.3, 0.4) is 0 Å². The Bertz CT molecular complexity index is 3260. The molecule has 0 aliphatic heterocycles. The van der Waals surface area contributed by atoms with Crippen molar-refractivity contribution < 1.29 is 0 Å². The van der Waals surface area contributed by atoms with Crippen molar-refractivity contribution >= 4 is 54.1 Å². The Morgan fingerprint density at radius 2 is 0.800 bits per heavy atom. The molecule has 4 heteroatoms. The van der Waals surface area contributed by atoms with Gasteiger partial charge in [-0.05, 0) is 68.4 Å². The van der Waals surface area contributed by atoms with Crippen LogP contribution >= 0.6 is 0 Å². The van der Waals surface area contributed by atoms with Gasteiger partial charge in [0.1, 0.15) is 0 Å². The zero-order chi connectivity index (χ0) is 36.3. The fourth-order valence-corrected chi connectivity index (χ4v) is 8.27. The maximum Gasteiger partial charge on any atom is 0.166 e. The average molecular weight is 701 g/mol. The molecule has 0 fully saturated rings. The van der Waals surface area contributed by atoms with Crippen molar-refractivity contribution in [2.24, 2.45) is 0 Å². The Morgan fingerprint density at radius 1 is 0.291 bits per heavy atom. The minimum atomic E-state index is 0.618. The summed E-state index contributed by atoms with van der Waals surface area (Å²) in [5, 5.41) is 9.33. The van der Waals surface area contributed by atoms with E-state index in [-0.39, 0.29) is 0 Å². The summed E-state index contributed by atoms with van der Waals surface area (Å²) in [6, 6.07) is 68.6. The number of hydrogen-bond acceptors (Lipinski definition) is 3. The Kier molecular flexibility index (Phi) is 7.14. The van der Waals surface area contributed by atoms with Crippen molar-refractivity contribution in [3.8, 4) is 51.0 Å². The van der Waals surface area contributed by atoms with Gasteiger partial charge in [0.15, 0.2) is 17.5 Å². The molecule has 55 heavy (non-hydrogen) atoms. The van der Waals surface area contributed by atoms with E-state index < -0.39 is 0 Å². The zero-order valence-corrected chi connectivity index (χ0v) is 29.8. The van der Waals surface area contributed by atoms with E-state index in [1.165, 1.54) is 32.7 Å². The predicted octanol–water partition coefficient (Wildman–Crippen LogP) is 13.1. The Hall–Kier alpha value is -7.43. The summed E-state index contributed by atoms with van der Waals surface area (Å²) in [6.45, 7) is 0. The first-order valence-corrected chi connectivity index (χ1v) is 18.6. The van der Waals surface area contributed by atoms with Gasteiger partial charge < -0.3 is 4.57 Å². The van der Waals surface area contributed by atoms with E-state index in [1.807, 2.05) is 18.2 Å². The minimum Gasteiger partial charge on any atom is -0.308 e. The second-order valence-corrected chi connectivity index (χ2v) is 14.0. The van der Waals surface area contributed by atoms with E-state index in [0.717, 1.165) is 55.0 Å². The Morgan fingerprint density at radius 3 is 1.55 bits per heavy atom. The molecule has 9 aromatic carbocycles. The third-order valence-corrected chi connectivity index (χ3v) is 10.8. The van der Waals surface area contributed by atoms with Crippen LogP contribution in [0.15, 0.2) is 194 Å². The molecule has 0 aliphatic rings. The Balaban J connectivity index is 1.23. The molecule has 256 valence electrons. The SMILES string of the molecule is c1ccc(-c2nc(-c3ccc4ccccc4c3-n3c4ccccc4c4cc5ccccc5cc43)nc(-c3ccc(-c4ccccc4)c4ccccc34)n2)cc1. The van der Waals surface area contributed by atoms with Crippen molar-refractivity contribution in [1.29, 1.82) is 0 Å². The van der Waals surface area contributed by atoms with Crippen molar-refractivity contribution in [3.63, 3.8) is 0 Å². The largest absolute Gasteiger partial charge is 0.308 e. The first-order chi connectivity index (χ1) is 27.3. The number of rotatable bonds is 5. The standard InChI is InChI=1S/C51H32N4/c1-3-15-33(16-4-1)38-29-30-43(41-24-12-11-23-40(38)41)50-52-49(35-18-5-2-6-19-35)53-51(54-50)44-28-27-34-17-9-10-22-39(34)48(44)55-46-26-14-13-25-42(46)45-31-36-20-7-8-21-37(36)32-47(45)55/h1-32H. The van der Waals surface area contributed by atoms with Gasteiger partial charge in [-0.25, -0.2) is 15.0 Å². The molecule has 2 heterocycles. The van der Waals surface area contributed by atoms with Gasteiger partial charge in [0.25, 0.3) is 0 Å². The second-order valence-electron chi connectivity index (χ2n) is 14.0. The number of aromatic nitrogens is 4. The monoisotopic (exact) mass is 700 g/mol. The lowest BCUT2D eigenvalue weighted by Gasteiger charge is -2.18. The molecule has 0 bridgehead atoms. The van der Waals surface area contributed by atoms with Gasteiger partial charge in [-0.1, -0.05) is 164 Å². The fraction of sp³-hybridized carbons (Fsp3) is 0. The van der Waals surface area contributed by atoms with Gasteiger partial charge in [-0.2, -0.15) is 0 Å². The number of fused-ring (bicyclic) bond motifs is 6. The lowest BCUT2D eigenvalue weighted by atomic mass is 9.94. The molecule has 0 atom stereocenters. The van der Waals surface area contributed by atoms with Gasteiger partial charge in [-0.15, -0.1) is 0 Å². The smallest absolute Gasteiger partial charge is 0.166 e. The molecule has 11 aromatic rings. The highest BCUT2D eigenvalue weighted by atomic mass is 15.1. The summed E-state index contributed by atoms with van der Waals surface area (Å²) in [5.74, 6) is 1.88. The van der Waals surface area contributed by atoms with E-state index in [1.54, 1.807) is 0 Å². The van der Waals surface area contributed by atoms with E-state index in [4.69, 9.17) is 15.0 Å². The molecular formula is C51H32N4. The molecule has 0 radical (unpaired) electrons. The maximum atomic E-state index is 5.40. The molecule has 0 spiro atoms. The van der Waals surface area contributed by atoms with Gasteiger partial charge >= 0.3 is 0 Å². The highest BCUT2D eigenvalue weighted by Gasteiger charge is 2.22. The molecule has 0 amide bonds. The van der Waals surface area contributed by atoms with Crippen molar-refractivity contribution in [1.82, 2.24) is 19.5 Å². The minimum absolute atomic E-state index is 0.618. The molecule has 2 aromatic heterocycles. The maximum absolute atomic E-state index is 5.40. The summed E-state index contributed by atoms with van der Waals surface area (Å²) in [7, 11) is 0. The molecule has 11 rings (SSSR count). The van der Waals surface area contributed by atoms with Crippen molar-refractivity contribution in [3.05, 3.63) is 194 Å². The van der Waals surface area contributed by atoms with Gasteiger partial charge in [0.2, 0.25) is 0 Å². The van der Waals surface area contributed by atoms with Crippen LogP contribution in [-0.4, -0.2) is 19.5 Å². The van der Waals surface area contributed by atoms with Crippen LogP contribution in [0.4, 0.5) is 0 Å². The quantitative estimate of drug-likeness (QED) is 0.179. The lowest BCUT2D eigenvalue weighted by Crippen LogP contribution is -2.04. The highest BCUT2D eigenvalue weighted by molar-refractivity contribution is 6.15. The van der Waals surface area contributed by atoms with Crippen LogP contribution in [0.5, 0.6) is 0 Å². The molecule has 0 unspecified atom stereocenters. The topological polar surface area (TPSA) is 43.6 Å². The third-order valence-electron chi connectivity index (χ3n) is 10.8. The molecule has 0 N–H and O–H groups in total. The lowest BCUT2D eigenvalue weighted by molar-refractivity contribution is 1.07. The first kappa shape index (κ1) is 31.1. The molecule has 0 saturated heterocycles. The first-order valence-electron chi connectivity index (χ1n) is 18.6. The molecule has 0 aliphatic carbocycles. The summed E-state index contributed by atoms with van der Waals surface area (Å²) >= 11 is 0. The molecule has 0 saturated carbocycles. The number of nitrogens with zero attached hydrogens (tertiary/aromatic N) is 4. The zero-order valence-electron chi connectivity index (χ0n) is 29.8. The van der Waals surface area contributed by atoms with Crippen LogP contribution in [-0.2, 0) is 0 Å². The van der Waals surface area contributed by atoms with Crippen LogP contribution in [0.1, 0.15) is 0 Å². The summed E-state index contributed by atoms with van der Waals surface area (Å²) < 4.78 is 2.42. The van der Waals surface area contributed by atoms with Gasteiger partial charge in [0, 0.05) is 32.8 Å². The van der Waals surface area contributed by atoms with Crippen molar-refractivity contribution in [2.75, 3.05) is 0 Å². The van der Waals surface area contributed by atoms with Crippen LogP contribution < -0.4 is 0 Å². The second kappa shape index (κ2) is 12.6. The van der Waals surface area contributed by atoms with Crippen LogP contribution in [0.2, 0.25) is 0 Å². The number of para-hydroxylation sites is 1. The van der Waals surface area contributed by atoms with Gasteiger partial charge in [0.05, 0.1) is 16.7 Å². The van der Waals surface area contributed by atoms with E-state index >= 15 is 0 Å². The molecule has 4 nitrogen and oxygen atoms in total. The highest BCUT2D eigenvalue weighted by Crippen LogP contribution is 2.42. The van der Waals surface area contributed by atoms with Crippen molar-refractivity contribution in [2.45, 2.75) is 0 Å². The van der Waals surface area contributed by atoms with Crippen LogP contribution in [0, 0.1) is 0 Å². The number of benzene rings is 9. The normalized spacial score (nSPS) is 11.6. The summed E-state index contributed by atoms with van der Waals surface area (Å²) in [4.78, 5) is 15.9. The summed E-state index contributed by atoms with van der Waals surface area (Å²) in [5.41, 5.74) is 8.48. The van der Waals surface area contributed by atoms with Gasteiger partial charge in [-0.3, -0.25) is 0 Å². The van der Waals surface area contributed by atoms with Crippen LogP contribution in [0.25, 0.3) is 105 Å². The van der Waals surface area contributed by atoms with E-state index in [9.17, 15) is 0 Å². The van der Waals surface area contributed by atoms with E-state index in [0.29, 0.717) is 17.5 Å². The molecular weight excluding hydrogens is 669 g/mol.